The molecule has 0 spiro atoms. The Morgan fingerprint density at radius 2 is 1.74 bits per heavy atom. The molecule has 1 saturated heterocycles. The number of hydrogen-bond acceptors (Lipinski definition) is 3. The molecule has 0 aliphatic carbocycles. The van der Waals surface area contributed by atoms with Gasteiger partial charge in [-0.3, -0.25) is 4.90 Å². The SMILES string of the molecule is CCc1cccc(CC)c1NCCN1CCOCC1. The Morgan fingerprint density at radius 3 is 2.32 bits per heavy atom. The summed E-state index contributed by atoms with van der Waals surface area (Å²) in [4.78, 5) is 2.47. The highest BCUT2D eigenvalue weighted by Gasteiger charge is 2.10. The molecule has 0 aromatic heterocycles. The fourth-order valence-corrected chi connectivity index (χ4v) is 2.63. The van der Waals surface area contributed by atoms with Crippen molar-refractivity contribution in [3.05, 3.63) is 29.3 Å². The maximum Gasteiger partial charge on any atom is 0.0594 e. The third-order valence-corrected chi connectivity index (χ3v) is 3.83. The van der Waals surface area contributed by atoms with Gasteiger partial charge < -0.3 is 10.1 Å². The number of morpholine rings is 1. The zero-order valence-corrected chi connectivity index (χ0v) is 12.2. The second-order valence-electron chi connectivity index (χ2n) is 5.04. The summed E-state index contributed by atoms with van der Waals surface area (Å²) in [5, 5.41) is 3.65. The second kappa shape index (κ2) is 7.51. The number of rotatable bonds is 6. The zero-order valence-electron chi connectivity index (χ0n) is 12.2. The fourth-order valence-electron chi connectivity index (χ4n) is 2.63. The van der Waals surface area contributed by atoms with E-state index in [-0.39, 0.29) is 0 Å². The third kappa shape index (κ3) is 3.95. The van der Waals surface area contributed by atoms with E-state index in [0.717, 1.165) is 52.2 Å². The smallest absolute Gasteiger partial charge is 0.0594 e. The second-order valence-corrected chi connectivity index (χ2v) is 5.04. The van der Waals surface area contributed by atoms with E-state index in [1.165, 1.54) is 16.8 Å². The van der Waals surface area contributed by atoms with Gasteiger partial charge in [-0.2, -0.15) is 0 Å². The summed E-state index contributed by atoms with van der Waals surface area (Å²) in [6, 6.07) is 6.64. The molecule has 2 rings (SSSR count). The molecule has 1 aliphatic heterocycles. The van der Waals surface area contributed by atoms with Gasteiger partial charge in [-0.25, -0.2) is 0 Å². The molecule has 1 fully saturated rings. The molecule has 0 saturated carbocycles. The maximum atomic E-state index is 5.38. The van der Waals surface area contributed by atoms with Crippen LogP contribution in [-0.4, -0.2) is 44.3 Å². The van der Waals surface area contributed by atoms with E-state index in [9.17, 15) is 0 Å². The molecule has 3 heteroatoms. The topological polar surface area (TPSA) is 24.5 Å². The highest BCUT2D eigenvalue weighted by Crippen LogP contribution is 2.22. The Hall–Kier alpha value is -1.06. The minimum Gasteiger partial charge on any atom is -0.383 e. The van der Waals surface area contributed by atoms with Gasteiger partial charge in [0.15, 0.2) is 0 Å². The Bertz CT molecular complexity index is 364. The minimum atomic E-state index is 0.881. The molecule has 1 aromatic rings. The number of ether oxygens (including phenoxy) is 1. The van der Waals surface area contributed by atoms with Gasteiger partial charge in [0.05, 0.1) is 13.2 Å². The van der Waals surface area contributed by atoms with Crippen molar-refractivity contribution in [2.45, 2.75) is 26.7 Å². The van der Waals surface area contributed by atoms with Gasteiger partial charge in [0.1, 0.15) is 0 Å². The van der Waals surface area contributed by atoms with E-state index >= 15 is 0 Å². The van der Waals surface area contributed by atoms with Gasteiger partial charge in [-0.05, 0) is 24.0 Å². The van der Waals surface area contributed by atoms with Crippen LogP contribution in [0.4, 0.5) is 5.69 Å². The number of anilines is 1. The third-order valence-electron chi connectivity index (χ3n) is 3.83. The summed E-state index contributed by atoms with van der Waals surface area (Å²) in [7, 11) is 0. The molecule has 3 nitrogen and oxygen atoms in total. The largest absolute Gasteiger partial charge is 0.383 e. The number of hydrogen-bond donors (Lipinski definition) is 1. The summed E-state index contributed by atoms with van der Waals surface area (Å²) < 4.78 is 5.38. The van der Waals surface area contributed by atoms with Crippen molar-refractivity contribution < 1.29 is 4.74 Å². The molecule has 0 amide bonds. The number of nitrogens with zero attached hydrogens (tertiary/aromatic N) is 1. The van der Waals surface area contributed by atoms with Gasteiger partial charge >= 0.3 is 0 Å². The molecule has 0 atom stereocenters. The first-order chi connectivity index (χ1) is 9.35. The zero-order chi connectivity index (χ0) is 13.5. The van der Waals surface area contributed by atoms with Crippen molar-refractivity contribution in [1.29, 1.82) is 0 Å². The van der Waals surface area contributed by atoms with E-state index in [0.29, 0.717) is 0 Å². The summed E-state index contributed by atoms with van der Waals surface area (Å²) in [5.41, 5.74) is 4.23. The summed E-state index contributed by atoms with van der Waals surface area (Å²) >= 11 is 0. The van der Waals surface area contributed by atoms with E-state index in [1.54, 1.807) is 0 Å². The average Bonchev–Trinajstić information content (AvgIpc) is 2.48. The summed E-state index contributed by atoms with van der Waals surface area (Å²) in [6.07, 6.45) is 2.18. The van der Waals surface area contributed by atoms with E-state index in [2.05, 4.69) is 42.3 Å². The van der Waals surface area contributed by atoms with Crippen LogP contribution >= 0.6 is 0 Å². The first kappa shape index (κ1) is 14.4. The van der Waals surface area contributed by atoms with Crippen LogP contribution in [0.5, 0.6) is 0 Å². The Balaban J connectivity index is 1.90. The molecule has 0 bridgehead atoms. The van der Waals surface area contributed by atoms with E-state index in [4.69, 9.17) is 4.74 Å². The summed E-state index contributed by atoms with van der Waals surface area (Å²) in [6.45, 7) is 10.5. The highest BCUT2D eigenvalue weighted by molar-refractivity contribution is 5.57. The number of para-hydroxylation sites is 1. The van der Waals surface area contributed by atoms with Crippen LogP contribution in [0.2, 0.25) is 0 Å². The van der Waals surface area contributed by atoms with Gasteiger partial charge in [0.25, 0.3) is 0 Å². The summed E-state index contributed by atoms with van der Waals surface area (Å²) in [5.74, 6) is 0. The standard InChI is InChI=1S/C16H26N2O/c1-3-14-6-5-7-15(4-2)16(14)17-8-9-18-10-12-19-13-11-18/h5-7,17H,3-4,8-13H2,1-2H3. The van der Waals surface area contributed by atoms with Crippen LogP contribution in [0.1, 0.15) is 25.0 Å². The lowest BCUT2D eigenvalue weighted by Crippen LogP contribution is -2.39. The minimum absolute atomic E-state index is 0.881. The van der Waals surface area contributed by atoms with Crippen LogP contribution in [0, 0.1) is 0 Å². The van der Waals surface area contributed by atoms with E-state index < -0.39 is 0 Å². The van der Waals surface area contributed by atoms with Gasteiger partial charge in [0, 0.05) is 31.9 Å². The molecule has 1 aliphatic rings. The molecular formula is C16H26N2O. The number of benzene rings is 1. The molecule has 1 N–H and O–H groups in total. The first-order valence-corrected chi connectivity index (χ1v) is 7.49. The monoisotopic (exact) mass is 262 g/mol. The van der Waals surface area contributed by atoms with Crippen molar-refractivity contribution >= 4 is 5.69 Å². The van der Waals surface area contributed by atoms with Crippen molar-refractivity contribution in [3.8, 4) is 0 Å². The van der Waals surface area contributed by atoms with Crippen LogP contribution in [0.3, 0.4) is 0 Å². The van der Waals surface area contributed by atoms with Crippen molar-refractivity contribution in [2.75, 3.05) is 44.7 Å². The molecule has 19 heavy (non-hydrogen) atoms. The number of nitrogens with one attached hydrogen (secondary N) is 1. The molecule has 0 radical (unpaired) electrons. The molecule has 1 aromatic carbocycles. The predicted molar refractivity (Wildman–Crippen MR) is 80.9 cm³/mol. The average molecular weight is 262 g/mol. The van der Waals surface area contributed by atoms with Crippen LogP contribution in [-0.2, 0) is 17.6 Å². The Morgan fingerprint density at radius 1 is 1.11 bits per heavy atom. The van der Waals surface area contributed by atoms with Crippen LogP contribution in [0.15, 0.2) is 18.2 Å². The fraction of sp³-hybridized carbons (Fsp3) is 0.625. The quantitative estimate of drug-likeness (QED) is 0.852. The van der Waals surface area contributed by atoms with Gasteiger partial charge in [-0.15, -0.1) is 0 Å². The first-order valence-electron chi connectivity index (χ1n) is 7.49. The maximum absolute atomic E-state index is 5.38. The molecular weight excluding hydrogens is 236 g/mol. The lowest BCUT2D eigenvalue weighted by atomic mass is 10.0. The van der Waals surface area contributed by atoms with Crippen molar-refractivity contribution in [1.82, 2.24) is 4.90 Å². The van der Waals surface area contributed by atoms with Gasteiger partial charge in [-0.1, -0.05) is 32.0 Å². The van der Waals surface area contributed by atoms with Crippen molar-refractivity contribution in [2.24, 2.45) is 0 Å². The van der Waals surface area contributed by atoms with Gasteiger partial charge in [0.2, 0.25) is 0 Å². The molecule has 106 valence electrons. The predicted octanol–water partition coefficient (Wildman–Crippen LogP) is 2.56. The van der Waals surface area contributed by atoms with Crippen LogP contribution < -0.4 is 5.32 Å². The molecule has 0 unspecified atom stereocenters. The lowest BCUT2D eigenvalue weighted by Gasteiger charge is -2.27. The lowest BCUT2D eigenvalue weighted by molar-refractivity contribution is 0.0398. The van der Waals surface area contributed by atoms with E-state index in [1.807, 2.05) is 0 Å². The Kier molecular flexibility index (Phi) is 5.67. The number of aryl methyl sites for hydroxylation is 2. The van der Waals surface area contributed by atoms with Crippen LogP contribution in [0.25, 0.3) is 0 Å². The molecule has 1 heterocycles. The normalized spacial score (nSPS) is 16.5. The van der Waals surface area contributed by atoms with Crippen molar-refractivity contribution in [3.63, 3.8) is 0 Å². The Labute approximate surface area is 116 Å². The highest BCUT2D eigenvalue weighted by atomic mass is 16.5.